The van der Waals surface area contributed by atoms with Gasteiger partial charge in [-0.25, -0.2) is 8.42 Å². The zero-order valence-corrected chi connectivity index (χ0v) is 17.1. The summed E-state index contributed by atoms with van der Waals surface area (Å²) in [4.78, 5) is 2.57. The summed E-state index contributed by atoms with van der Waals surface area (Å²) in [5, 5.41) is 0. The van der Waals surface area contributed by atoms with Crippen LogP contribution in [0.4, 0.5) is 0 Å². The van der Waals surface area contributed by atoms with E-state index in [1.807, 2.05) is 0 Å². The van der Waals surface area contributed by atoms with E-state index in [-0.39, 0.29) is 4.90 Å². The molecule has 2 aliphatic rings. The van der Waals surface area contributed by atoms with Crippen molar-refractivity contribution in [3.63, 3.8) is 0 Å². The highest BCUT2D eigenvalue weighted by molar-refractivity contribution is 7.89. The number of hydrogen-bond donors (Lipinski definition) is 0. The number of hydrogen-bond acceptors (Lipinski definition) is 5. The molecule has 0 bridgehead atoms. The van der Waals surface area contributed by atoms with Crippen LogP contribution in [0.2, 0.25) is 0 Å². The molecule has 0 unspecified atom stereocenters. The molecule has 0 radical (unpaired) electrons. The van der Waals surface area contributed by atoms with Crippen LogP contribution in [0.3, 0.4) is 0 Å². The number of ether oxygens (including phenoxy) is 2. The molecule has 1 aliphatic heterocycles. The lowest BCUT2D eigenvalue weighted by Crippen LogP contribution is -2.48. The number of piperazine rings is 1. The van der Waals surface area contributed by atoms with Gasteiger partial charge in [0.15, 0.2) is 0 Å². The van der Waals surface area contributed by atoms with Gasteiger partial charge in [-0.15, -0.1) is 0 Å². The van der Waals surface area contributed by atoms with Crippen LogP contribution >= 0.6 is 0 Å². The van der Waals surface area contributed by atoms with Crippen molar-refractivity contribution >= 4 is 10.0 Å². The quantitative estimate of drug-likeness (QED) is 0.666. The molecular formula is C20H30N2O4S. The lowest BCUT2D eigenvalue weighted by molar-refractivity contribution is 0.189. The first-order chi connectivity index (χ1) is 13.0. The van der Waals surface area contributed by atoms with Crippen molar-refractivity contribution in [1.82, 2.24) is 9.21 Å². The van der Waals surface area contributed by atoms with Gasteiger partial charge in [-0.05, 0) is 44.2 Å². The molecule has 1 aliphatic carbocycles. The largest absolute Gasteiger partial charge is 0.497 e. The number of rotatable bonds is 7. The van der Waals surface area contributed by atoms with Gasteiger partial charge in [0.25, 0.3) is 0 Å². The zero-order chi connectivity index (χ0) is 19.3. The molecular weight excluding hydrogens is 364 g/mol. The number of allylic oxidation sites excluding steroid dienone is 1. The Hall–Kier alpha value is -1.57. The molecule has 0 N–H and O–H groups in total. The molecule has 0 amide bonds. The average Bonchev–Trinajstić information content (AvgIpc) is 2.72. The predicted octanol–water partition coefficient (Wildman–Crippen LogP) is 2.90. The molecule has 150 valence electrons. The van der Waals surface area contributed by atoms with E-state index in [0.717, 1.165) is 26.1 Å². The maximum atomic E-state index is 13.1. The Morgan fingerprint density at radius 3 is 2.44 bits per heavy atom. The molecule has 3 rings (SSSR count). The van der Waals surface area contributed by atoms with Crippen molar-refractivity contribution < 1.29 is 17.9 Å². The second-order valence-electron chi connectivity index (χ2n) is 7.12. The minimum absolute atomic E-state index is 0.201. The fraction of sp³-hybridized carbons (Fsp3) is 0.600. The lowest BCUT2D eigenvalue weighted by atomic mass is 9.97. The number of nitrogens with zero attached hydrogens (tertiary/aromatic N) is 2. The molecule has 0 aromatic heterocycles. The van der Waals surface area contributed by atoms with Gasteiger partial charge in [0, 0.05) is 38.8 Å². The number of benzene rings is 1. The summed E-state index contributed by atoms with van der Waals surface area (Å²) in [6.45, 7) is 3.58. The minimum Gasteiger partial charge on any atom is -0.497 e. The van der Waals surface area contributed by atoms with Crippen LogP contribution in [0.5, 0.6) is 11.5 Å². The first-order valence-corrected chi connectivity index (χ1v) is 11.1. The Morgan fingerprint density at radius 1 is 1.04 bits per heavy atom. The number of methoxy groups -OCH3 is 2. The van der Waals surface area contributed by atoms with E-state index in [9.17, 15) is 8.42 Å². The molecule has 1 aromatic carbocycles. The van der Waals surface area contributed by atoms with E-state index >= 15 is 0 Å². The Morgan fingerprint density at radius 2 is 1.81 bits per heavy atom. The van der Waals surface area contributed by atoms with Crippen LogP contribution in [0.25, 0.3) is 0 Å². The zero-order valence-electron chi connectivity index (χ0n) is 16.3. The molecule has 27 heavy (non-hydrogen) atoms. The van der Waals surface area contributed by atoms with Gasteiger partial charge in [-0.1, -0.05) is 11.6 Å². The van der Waals surface area contributed by atoms with Crippen LogP contribution < -0.4 is 9.47 Å². The minimum atomic E-state index is -3.57. The maximum absolute atomic E-state index is 13.1. The molecule has 6 nitrogen and oxygen atoms in total. The second-order valence-corrected chi connectivity index (χ2v) is 9.03. The second kappa shape index (κ2) is 9.08. The predicted molar refractivity (Wildman–Crippen MR) is 106 cm³/mol. The van der Waals surface area contributed by atoms with Crippen molar-refractivity contribution in [3.05, 3.63) is 29.8 Å². The van der Waals surface area contributed by atoms with Gasteiger partial charge in [0.1, 0.15) is 16.4 Å². The molecule has 1 heterocycles. The van der Waals surface area contributed by atoms with E-state index < -0.39 is 10.0 Å². The molecule has 0 spiro atoms. The Balaban J connectivity index is 1.60. The van der Waals surface area contributed by atoms with Crippen molar-refractivity contribution in [2.75, 3.05) is 46.9 Å². The molecule has 1 aromatic rings. The monoisotopic (exact) mass is 394 g/mol. The standard InChI is InChI=1S/C20H30N2O4S/c1-25-18-8-9-20(19(16-18)26-2)27(23,24)22-14-12-21(13-15-22)11-10-17-6-4-3-5-7-17/h6,8-9,16H,3-5,7,10-15H2,1-2H3. The summed E-state index contributed by atoms with van der Waals surface area (Å²) in [6, 6.07) is 4.83. The van der Waals surface area contributed by atoms with Crippen molar-refractivity contribution in [1.29, 1.82) is 0 Å². The lowest BCUT2D eigenvalue weighted by Gasteiger charge is -2.34. The van der Waals surface area contributed by atoms with Gasteiger partial charge in [0.2, 0.25) is 10.0 Å². The third kappa shape index (κ3) is 4.83. The van der Waals surface area contributed by atoms with Crippen molar-refractivity contribution in [2.24, 2.45) is 0 Å². The van der Waals surface area contributed by atoms with Gasteiger partial charge >= 0.3 is 0 Å². The first kappa shape index (κ1) is 20.2. The molecule has 1 saturated heterocycles. The van der Waals surface area contributed by atoms with Crippen LogP contribution in [0.15, 0.2) is 34.7 Å². The van der Waals surface area contributed by atoms with Gasteiger partial charge in [-0.3, -0.25) is 0 Å². The normalized spacial score (nSPS) is 19.6. The summed E-state index contributed by atoms with van der Waals surface area (Å²) >= 11 is 0. The van der Waals surface area contributed by atoms with Gasteiger partial charge < -0.3 is 14.4 Å². The third-order valence-corrected chi connectivity index (χ3v) is 7.39. The molecule has 0 saturated carbocycles. The van der Waals surface area contributed by atoms with Gasteiger partial charge in [-0.2, -0.15) is 4.31 Å². The van der Waals surface area contributed by atoms with E-state index in [1.54, 1.807) is 35.2 Å². The Kier molecular flexibility index (Phi) is 6.78. The van der Waals surface area contributed by atoms with E-state index in [2.05, 4.69) is 11.0 Å². The van der Waals surface area contributed by atoms with Crippen LogP contribution in [0.1, 0.15) is 32.1 Å². The van der Waals surface area contributed by atoms with Gasteiger partial charge in [0.05, 0.1) is 14.2 Å². The highest BCUT2D eigenvalue weighted by atomic mass is 32.2. The summed E-state index contributed by atoms with van der Waals surface area (Å²) in [6.07, 6.45) is 8.56. The average molecular weight is 395 g/mol. The highest BCUT2D eigenvalue weighted by Crippen LogP contribution is 2.31. The Labute approximate surface area is 162 Å². The molecule has 1 fully saturated rings. The molecule has 0 atom stereocenters. The van der Waals surface area contributed by atoms with Crippen LogP contribution in [-0.2, 0) is 10.0 Å². The Bertz CT molecular complexity index is 768. The third-order valence-electron chi connectivity index (χ3n) is 5.45. The first-order valence-electron chi connectivity index (χ1n) is 9.67. The topological polar surface area (TPSA) is 59.1 Å². The van der Waals surface area contributed by atoms with Crippen molar-refractivity contribution in [2.45, 2.75) is 37.0 Å². The summed E-state index contributed by atoms with van der Waals surface area (Å²) in [7, 11) is -0.549. The smallest absolute Gasteiger partial charge is 0.246 e. The van der Waals surface area contributed by atoms with E-state index in [0.29, 0.717) is 24.6 Å². The summed E-state index contributed by atoms with van der Waals surface area (Å²) in [5.41, 5.74) is 1.57. The summed E-state index contributed by atoms with van der Waals surface area (Å²) in [5.74, 6) is 0.897. The van der Waals surface area contributed by atoms with E-state index in [4.69, 9.17) is 9.47 Å². The fourth-order valence-electron chi connectivity index (χ4n) is 3.75. The number of sulfonamides is 1. The summed E-state index contributed by atoms with van der Waals surface area (Å²) < 4.78 is 38.1. The SMILES string of the molecule is COc1ccc(S(=O)(=O)N2CCN(CCC3=CCCCC3)CC2)c(OC)c1. The van der Waals surface area contributed by atoms with Crippen LogP contribution in [0, 0.1) is 0 Å². The maximum Gasteiger partial charge on any atom is 0.246 e. The fourth-order valence-corrected chi connectivity index (χ4v) is 5.31. The van der Waals surface area contributed by atoms with Crippen molar-refractivity contribution in [3.8, 4) is 11.5 Å². The molecule has 7 heteroatoms. The van der Waals surface area contributed by atoms with E-state index in [1.165, 1.54) is 32.8 Å². The highest BCUT2D eigenvalue weighted by Gasteiger charge is 2.31. The van der Waals surface area contributed by atoms with Crippen LogP contribution in [-0.4, -0.2) is 64.6 Å².